The molecule has 0 spiro atoms. The molecule has 1 atom stereocenters. The number of likely N-dealkylation sites (tertiary alicyclic amines) is 1. The molecule has 0 aliphatic carbocycles. The Labute approximate surface area is 87.3 Å². The second-order valence-electron chi connectivity index (χ2n) is 3.71. The van der Waals surface area contributed by atoms with Gasteiger partial charge in [-0.15, -0.1) is 12.6 Å². The summed E-state index contributed by atoms with van der Waals surface area (Å²) in [5, 5.41) is 4.56. The molecular weight excluding hydrogens is 143 g/mol. The molecule has 2 saturated heterocycles. The minimum absolute atomic E-state index is 0. The predicted octanol–water partition coefficient (Wildman–Crippen LogP) is -1.38. The number of hydrogen-bond acceptors (Lipinski definition) is 1. The Morgan fingerprint density at radius 3 is 2.50 bits per heavy atom. The van der Waals surface area contributed by atoms with Crippen LogP contribution in [0.15, 0.2) is 0 Å². The minimum atomic E-state index is 0. The van der Waals surface area contributed by atoms with Crippen molar-refractivity contribution in [2.24, 2.45) is 0 Å². The van der Waals surface area contributed by atoms with Gasteiger partial charge in [0.2, 0.25) is 0 Å². The van der Waals surface area contributed by atoms with Gasteiger partial charge in [-0.25, -0.2) is 0 Å². The van der Waals surface area contributed by atoms with Crippen molar-refractivity contribution in [3.05, 3.63) is 5.32 Å². The maximum atomic E-state index is 4.56. The van der Waals surface area contributed by atoms with Crippen molar-refractivity contribution in [2.75, 3.05) is 26.2 Å². The zero-order chi connectivity index (χ0) is 7.52. The average molecular weight is 160 g/mol. The van der Waals surface area contributed by atoms with Crippen molar-refractivity contribution in [3.8, 4) is 0 Å². The predicted molar refractivity (Wildman–Crippen MR) is 46.9 cm³/mol. The summed E-state index contributed by atoms with van der Waals surface area (Å²) < 4.78 is 0. The van der Waals surface area contributed by atoms with E-state index < -0.39 is 0 Å². The van der Waals surface area contributed by atoms with Crippen molar-refractivity contribution in [3.63, 3.8) is 0 Å². The van der Waals surface area contributed by atoms with Gasteiger partial charge in [-0.1, -0.05) is 12.8 Å². The van der Waals surface area contributed by atoms with Crippen molar-refractivity contribution in [1.82, 2.24) is 4.90 Å². The van der Waals surface area contributed by atoms with Crippen LogP contribution in [-0.4, -0.2) is 37.1 Å². The van der Waals surface area contributed by atoms with Gasteiger partial charge >= 0.3 is 18.9 Å². The Morgan fingerprint density at radius 2 is 1.92 bits per heavy atom. The zero-order valence-electron chi connectivity index (χ0n) is 8.13. The van der Waals surface area contributed by atoms with E-state index in [0.29, 0.717) is 6.04 Å². The molecule has 0 radical (unpaired) electrons. The van der Waals surface area contributed by atoms with Gasteiger partial charge in [-0.2, -0.15) is 0 Å². The fraction of sp³-hybridized carbons (Fsp3) is 1.00. The summed E-state index contributed by atoms with van der Waals surface area (Å²) in [6.45, 7) is 5.02. The van der Waals surface area contributed by atoms with Crippen LogP contribution < -0.4 is 18.9 Å². The van der Waals surface area contributed by atoms with Gasteiger partial charge in [-0.3, -0.25) is 0 Å². The normalized spacial score (nSPS) is 30.5. The van der Waals surface area contributed by atoms with Crippen LogP contribution in [0.4, 0.5) is 0 Å². The molecule has 2 heterocycles. The maximum absolute atomic E-state index is 4.56. The zero-order valence-corrected chi connectivity index (χ0v) is 8.13. The van der Waals surface area contributed by atoms with Gasteiger partial charge in [0.05, 0.1) is 0 Å². The molecule has 0 amide bonds. The topological polar surface area (TPSA) is 17.3 Å². The molecule has 12 heavy (non-hydrogen) atoms. The Bertz CT molecular complexity index is 104. The van der Waals surface area contributed by atoms with E-state index in [2.05, 4.69) is 10.2 Å². The van der Waals surface area contributed by atoms with Crippen LogP contribution in [0.3, 0.4) is 0 Å². The fourth-order valence-corrected chi connectivity index (χ4v) is 2.10. The van der Waals surface area contributed by atoms with Crippen LogP contribution in [0.1, 0.15) is 25.7 Å². The summed E-state index contributed by atoms with van der Waals surface area (Å²) in [6.07, 6.45) is 5.49. The second-order valence-corrected chi connectivity index (χ2v) is 3.71. The molecule has 2 nitrogen and oxygen atoms in total. The first-order valence-electron chi connectivity index (χ1n) is 4.84. The van der Waals surface area contributed by atoms with E-state index in [1.165, 1.54) is 45.3 Å². The molecular formula is C9H17LiN2. The van der Waals surface area contributed by atoms with Gasteiger partial charge in [0.1, 0.15) is 0 Å². The maximum Gasteiger partial charge on any atom is 1.00 e. The monoisotopic (exact) mass is 160 g/mol. The number of rotatable bonds is 2. The Balaban J connectivity index is 0.000000720. The van der Waals surface area contributed by atoms with Gasteiger partial charge in [0.25, 0.3) is 0 Å². The second kappa shape index (κ2) is 5.29. The molecule has 0 aromatic heterocycles. The summed E-state index contributed by atoms with van der Waals surface area (Å²) in [5.41, 5.74) is 0. The third kappa shape index (κ3) is 2.78. The largest absolute Gasteiger partial charge is 1.00 e. The molecule has 2 aliphatic heterocycles. The molecule has 1 unspecified atom stereocenters. The Morgan fingerprint density at radius 1 is 1.17 bits per heavy atom. The quantitative estimate of drug-likeness (QED) is 0.455. The van der Waals surface area contributed by atoms with Crippen LogP contribution in [0.2, 0.25) is 0 Å². The first kappa shape index (κ1) is 10.6. The molecule has 2 aliphatic rings. The van der Waals surface area contributed by atoms with Crippen molar-refractivity contribution < 1.29 is 18.9 Å². The van der Waals surface area contributed by atoms with Crippen LogP contribution in [0, 0.1) is 0 Å². The van der Waals surface area contributed by atoms with E-state index >= 15 is 0 Å². The van der Waals surface area contributed by atoms with Crippen molar-refractivity contribution in [2.45, 2.75) is 31.7 Å². The summed E-state index contributed by atoms with van der Waals surface area (Å²) in [6, 6.07) is 0.688. The summed E-state index contributed by atoms with van der Waals surface area (Å²) in [7, 11) is 0. The molecule has 3 heteroatoms. The van der Waals surface area contributed by atoms with E-state index in [1.807, 2.05) is 0 Å². The van der Waals surface area contributed by atoms with Gasteiger partial charge in [-0.05, 0) is 32.5 Å². The minimum Gasteiger partial charge on any atom is -0.658 e. The first-order valence-corrected chi connectivity index (χ1v) is 4.84. The summed E-state index contributed by atoms with van der Waals surface area (Å²) >= 11 is 0. The standard InChI is InChI=1S/C9H17N2.Li/c1-2-7-11(6-1)8-9-4-3-5-10-9;/h9H,1-8H2;/q-1;+1. The molecule has 0 saturated carbocycles. The molecule has 0 aromatic carbocycles. The third-order valence-electron chi connectivity index (χ3n) is 2.75. The number of hydrogen-bond donors (Lipinski definition) is 0. The van der Waals surface area contributed by atoms with Crippen LogP contribution >= 0.6 is 0 Å². The molecule has 2 rings (SSSR count). The molecule has 0 bridgehead atoms. The number of nitrogens with zero attached hydrogens (tertiary/aromatic N) is 2. The van der Waals surface area contributed by atoms with Crippen LogP contribution in [0.25, 0.3) is 5.32 Å². The van der Waals surface area contributed by atoms with Crippen molar-refractivity contribution in [1.29, 1.82) is 0 Å². The molecule has 0 N–H and O–H groups in total. The van der Waals surface area contributed by atoms with E-state index in [9.17, 15) is 0 Å². The molecule has 0 aromatic rings. The molecule has 2 fully saturated rings. The van der Waals surface area contributed by atoms with E-state index in [4.69, 9.17) is 0 Å². The van der Waals surface area contributed by atoms with Crippen molar-refractivity contribution >= 4 is 0 Å². The third-order valence-corrected chi connectivity index (χ3v) is 2.75. The van der Waals surface area contributed by atoms with E-state index in [1.54, 1.807) is 0 Å². The first-order chi connectivity index (χ1) is 5.45. The Kier molecular flexibility index (Phi) is 4.67. The summed E-state index contributed by atoms with van der Waals surface area (Å²) in [4.78, 5) is 2.57. The van der Waals surface area contributed by atoms with E-state index in [0.717, 1.165) is 6.54 Å². The average Bonchev–Trinajstić information content (AvgIpc) is 2.60. The van der Waals surface area contributed by atoms with Gasteiger partial charge < -0.3 is 10.2 Å². The van der Waals surface area contributed by atoms with Crippen LogP contribution in [-0.2, 0) is 0 Å². The SMILES string of the molecule is C1C[N-]C(CN2CCCC2)C1.[Li+]. The Hall–Kier alpha value is 0.517. The fourth-order valence-electron chi connectivity index (χ4n) is 2.10. The van der Waals surface area contributed by atoms with Gasteiger partial charge in [0.15, 0.2) is 0 Å². The summed E-state index contributed by atoms with van der Waals surface area (Å²) in [5.74, 6) is 0. The van der Waals surface area contributed by atoms with Crippen LogP contribution in [0.5, 0.6) is 0 Å². The van der Waals surface area contributed by atoms with Gasteiger partial charge in [0, 0.05) is 0 Å². The molecule has 64 valence electrons. The van der Waals surface area contributed by atoms with E-state index in [-0.39, 0.29) is 18.9 Å². The smallest absolute Gasteiger partial charge is 0.658 e.